The summed E-state index contributed by atoms with van der Waals surface area (Å²) in [6.45, 7) is 6.20. The third kappa shape index (κ3) is 2.23. The molecule has 7 heteroatoms. The topological polar surface area (TPSA) is 78.5 Å². The van der Waals surface area contributed by atoms with E-state index in [9.17, 15) is 9.90 Å². The van der Waals surface area contributed by atoms with Gasteiger partial charge in [0.2, 0.25) is 5.95 Å². The highest BCUT2D eigenvalue weighted by Crippen LogP contribution is 2.12. The molecule has 17 heavy (non-hydrogen) atoms. The number of aromatic nitrogens is 3. The number of aromatic carboxylic acids is 1. The zero-order valence-electron chi connectivity index (χ0n) is 10.1. The van der Waals surface area contributed by atoms with Gasteiger partial charge in [-0.2, -0.15) is 0 Å². The van der Waals surface area contributed by atoms with Crippen LogP contribution in [0.1, 0.15) is 17.5 Å². The first kappa shape index (κ1) is 11.8. The Morgan fingerprint density at radius 1 is 1.41 bits per heavy atom. The van der Waals surface area contributed by atoms with Crippen LogP contribution in [0.5, 0.6) is 0 Å². The van der Waals surface area contributed by atoms with Crippen molar-refractivity contribution in [3.63, 3.8) is 0 Å². The predicted octanol–water partition coefficient (Wildman–Crippen LogP) is -3.00. The maximum atomic E-state index is 10.9. The second kappa shape index (κ2) is 4.70. The molecule has 1 aromatic rings. The van der Waals surface area contributed by atoms with Gasteiger partial charge in [-0.05, 0) is 6.92 Å². The molecule has 0 spiro atoms. The van der Waals surface area contributed by atoms with E-state index < -0.39 is 5.97 Å². The molecule has 0 unspecified atom stereocenters. The standard InChI is InChI=1S/C10H17N5O2/c1-3-15-8(9(16)17)11-12-10(15)14-6-4-13(2)5-7-14/h3-7H2,1-2H3,(H,16,17). The highest BCUT2D eigenvalue weighted by Gasteiger charge is 2.22. The van der Waals surface area contributed by atoms with Crippen molar-refractivity contribution in [3.05, 3.63) is 5.82 Å². The number of anilines is 1. The fourth-order valence-corrected chi connectivity index (χ4v) is 2.06. The van der Waals surface area contributed by atoms with Crippen LogP contribution < -0.4 is 14.9 Å². The molecule has 0 aromatic carbocycles. The molecule has 7 nitrogen and oxygen atoms in total. The molecule has 94 valence electrons. The largest absolute Gasteiger partial charge is 0.541 e. The minimum absolute atomic E-state index is 0.0891. The molecular weight excluding hydrogens is 222 g/mol. The first-order chi connectivity index (χ1) is 8.13. The van der Waals surface area contributed by atoms with Crippen molar-refractivity contribution in [1.29, 1.82) is 0 Å². The molecule has 0 radical (unpaired) electrons. The van der Waals surface area contributed by atoms with Crippen LogP contribution in [0.2, 0.25) is 0 Å². The van der Waals surface area contributed by atoms with Gasteiger partial charge in [0, 0.05) is 6.54 Å². The molecule has 1 aliphatic rings. The average molecular weight is 239 g/mol. The number of nitrogens with zero attached hydrogens (tertiary/aromatic N) is 4. The number of nitrogens with one attached hydrogen (secondary N) is 1. The van der Waals surface area contributed by atoms with Crippen LogP contribution in [0, 0.1) is 0 Å². The molecule has 1 saturated heterocycles. The molecule has 1 fully saturated rings. The fourth-order valence-electron chi connectivity index (χ4n) is 2.06. The van der Waals surface area contributed by atoms with Gasteiger partial charge in [0.1, 0.15) is 5.97 Å². The van der Waals surface area contributed by atoms with Crippen molar-refractivity contribution in [2.75, 3.05) is 38.1 Å². The van der Waals surface area contributed by atoms with Gasteiger partial charge >= 0.3 is 0 Å². The van der Waals surface area contributed by atoms with Gasteiger partial charge in [0.05, 0.1) is 33.2 Å². The summed E-state index contributed by atoms with van der Waals surface area (Å²) in [7, 11) is 2.15. The van der Waals surface area contributed by atoms with Crippen molar-refractivity contribution in [1.82, 2.24) is 14.8 Å². The molecule has 1 N–H and O–H groups in total. The molecule has 0 bridgehead atoms. The Kier molecular flexibility index (Phi) is 3.28. The number of hydrogen-bond donors (Lipinski definition) is 1. The third-order valence-corrected chi connectivity index (χ3v) is 3.13. The Hall–Kier alpha value is -1.63. The molecule has 0 saturated carbocycles. The van der Waals surface area contributed by atoms with Gasteiger partial charge < -0.3 is 19.7 Å². The summed E-state index contributed by atoms with van der Waals surface area (Å²) in [4.78, 5) is 14.4. The summed E-state index contributed by atoms with van der Waals surface area (Å²) >= 11 is 0. The molecule has 0 atom stereocenters. The fraction of sp³-hybridized carbons (Fsp3) is 0.700. The number of hydrogen-bond acceptors (Lipinski definition) is 5. The van der Waals surface area contributed by atoms with Crippen LogP contribution in [0.15, 0.2) is 0 Å². The van der Waals surface area contributed by atoms with Crippen molar-refractivity contribution in [2.45, 2.75) is 13.5 Å². The zero-order chi connectivity index (χ0) is 12.4. The van der Waals surface area contributed by atoms with Crippen LogP contribution in [0.3, 0.4) is 0 Å². The van der Waals surface area contributed by atoms with Crippen molar-refractivity contribution in [2.24, 2.45) is 0 Å². The third-order valence-electron chi connectivity index (χ3n) is 3.13. The minimum Gasteiger partial charge on any atom is -0.541 e. The van der Waals surface area contributed by atoms with E-state index in [-0.39, 0.29) is 5.82 Å². The number of piperazine rings is 1. The Bertz CT molecular complexity index is 409. The number of likely N-dealkylation sites (N-methyl/N-ethyl adjacent to an activating group) is 1. The summed E-state index contributed by atoms with van der Waals surface area (Å²) < 4.78 is 1.59. The summed E-state index contributed by atoms with van der Waals surface area (Å²) in [5.74, 6) is -0.724. The lowest BCUT2D eigenvalue weighted by atomic mass is 10.3. The van der Waals surface area contributed by atoms with Crippen LogP contribution in [0.4, 0.5) is 5.95 Å². The molecule has 0 aliphatic carbocycles. The highest BCUT2D eigenvalue weighted by atomic mass is 16.4. The van der Waals surface area contributed by atoms with Gasteiger partial charge in [-0.1, -0.05) is 0 Å². The normalized spacial score (nSPS) is 17.4. The number of carboxylic acid groups (broad SMARTS) is 1. The Balaban J connectivity index is 2.23. The van der Waals surface area contributed by atoms with Crippen LogP contribution in [0.25, 0.3) is 0 Å². The van der Waals surface area contributed by atoms with Crippen molar-refractivity contribution < 1.29 is 14.8 Å². The quantitative estimate of drug-likeness (QED) is 0.608. The maximum absolute atomic E-state index is 10.9. The summed E-state index contributed by atoms with van der Waals surface area (Å²) in [5.41, 5.74) is 0. The van der Waals surface area contributed by atoms with Crippen LogP contribution in [-0.4, -0.2) is 54.0 Å². The first-order valence-corrected chi connectivity index (χ1v) is 5.84. The lowest BCUT2D eigenvalue weighted by Gasteiger charge is -2.30. The van der Waals surface area contributed by atoms with E-state index in [0.717, 1.165) is 26.2 Å². The van der Waals surface area contributed by atoms with Gasteiger partial charge in [-0.25, -0.2) is 0 Å². The Morgan fingerprint density at radius 2 is 2.06 bits per heavy atom. The van der Waals surface area contributed by atoms with E-state index in [2.05, 4.69) is 22.1 Å². The van der Waals surface area contributed by atoms with E-state index in [1.54, 1.807) is 4.57 Å². The van der Waals surface area contributed by atoms with Gasteiger partial charge in [0.15, 0.2) is 5.82 Å². The lowest BCUT2D eigenvalue weighted by molar-refractivity contribution is -0.880. The second-order valence-corrected chi connectivity index (χ2v) is 4.30. The monoisotopic (exact) mass is 239 g/mol. The summed E-state index contributed by atoms with van der Waals surface area (Å²) in [6, 6.07) is 0. The highest BCUT2D eigenvalue weighted by molar-refractivity contribution is 5.81. The predicted molar refractivity (Wildman–Crippen MR) is 58.9 cm³/mol. The Labute approximate surface area is 99.6 Å². The maximum Gasteiger partial charge on any atom is 0.227 e. The van der Waals surface area contributed by atoms with E-state index in [0.29, 0.717) is 12.5 Å². The molecular formula is C10H17N5O2. The zero-order valence-corrected chi connectivity index (χ0v) is 10.1. The Morgan fingerprint density at radius 3 is 2.59 bits per heavy atom. The van der Waals surface area contributed by atoms with E-state index in [1.807, 2.05) is 6.92 Å². The van der Waals surface area contributed by atoms with Gasteiger partial charge in [0.25, 0.3) is 0 Å². The van der Waals surface area contributed by atoms with E-state index in [1.165, 1.54) is 4.90 Å². The molecule has 2 rings (SSSR count). The van der Waals surface area contributed by atoms with Crippen molar-refractivity contribution in [3.8, 4) is 0 Å². The molecule has 1 aromatic heterocycles. The number of carboxylic acids is 1. The number of carbonyl (C=O) groups is 1. The number of carbonyl (C=O) groups excluding carboxylic acids is 1. The number of quaternary nitrogens is 1. The SMILES string of the molecule is CCn1c(C(=O)[O-])nnc1N1CC[NH+](C)CC1. The lowest BCUT2D eigenvalue weighted by Crippen LogP contribution is -3.12. The second-order valence-electron chi connectivity index (χ2n) is 4.30. The number of rotatable bonds is 3. The van der Waals surface area contributed by atoms with E-state index in [4.69, 9.17) is 0 Å². The smallest absolute Gasteiger partial charge is 0.227 e. The average Bonchev–Trinajstić information content (AvgIpc) is 2.73. The summed E-state index contributed by atoms with van der Waals surface area (Å²) in [6.07, 6.45) is 0. The summed E-state index contributed by atoms with van der Waals surface area (Å²) in [5, 5.41) is 18.5. The molecule has 2 heterocycles. The van der Waals surface area contributed by atoms with Crippen LogP contribution >= 0.6 is 0 Å². The van der Waals surface area contributed by atoms with E-state index >= 15 is 0 Å². The first-order valence-electron chi connectivity index (χ1n) is 5.84. The van der Waals surface area contributed by atoms with Gasteiger partial charge in [-0.3, -0.25) is 4.57 Å². The minimum atomic E-state index is -1.27. The van der Waals surface area contributed by atoms with Crippen LogP contribution in [-0.2, 0) is 6.54 Å². The van der Waals surface area contributed by atoms with Crippen molar-refractivity contribution >= 4 is 11.9 Å². The molecule has 1 aliphatic heterocycles. The van der Waals surface area contributed by atoms with Gasteiger partial charge in [-0.15, -0.1) is 10.2 Å². The molecule has 0 amide bonds.